The fourth-order valence-corrected chi connectivity index (χ4v) is 3.20. The number of nitrogens with zero attached hydrogens (tertiary/aromatic N) is 1. The van der Waals surface area contributed by atoms with Crippen molar-refractivity contribution in [2.75, 3.05) is 25.0 Å². The van der Waals surface area contributed by atoms with Crippen LogP contribution in [0.3, 0.4) is 0 Å². The maximum absolute atomic E-state index is 12.1. The van der Waals surface area contributed by atoms with Crippen molar-refractivity contribution < 1.29 is 9.90 Å². The Balaban J connectivity index is 1.95. The fourth-order valence-electron chi connectivity index (χ4n) is 2.72. The molecule has 0 aromatic heterocycles. The highest BCUT2D eigenvalue weighted by atomic mass is 79.9. The molecule has 0 aliphatic carbocycles. The molecule has 1 aliphatic heterocycles. The van der Waals surface area contributed by atoms with Crippen LogP contribution in [-0.4, -0.2) is 41.7 Å². The summed E-state index contributed by atoms with van der Waals surface area (Å²) in [6, 6.07) is 5.89. The first-order valence-corrected chi connectivity index (χ1v) is 7.71. The average molecular weight is 341 g/mol. The minimum atomic E-state index is -0.0250. The van der Waals surface area contributed by atoms with Crippen LogP contribution in [0.15, 0.2) is 22.7 Å². The summed E-state index contributed by atoms with van der Waals surface area (Å²) in [7, 11) is 0. The summed E-state index contributed by atoms with van der Waals surface area (Å²) >= 11 is 3.41. The van der Waals surface area contributed by atoms with Crippen molar-refractivity contribution in [2.45, 2.75) is 26.3 Å². The van der Waals surface area contributed by atoms with Crippen LogP contribution >= 0.6 is 15.9 Å². The van der Waals surface area contributed by atoms with Gasteiger partial charge in [-0.05, 0) is 49.6 Å². The van der Waals surface area contributed by atoms with Crippen LogP contribution in [0.2, 0.25) is 0 Å². The Hall–Kier alpha value is -0.910. The minimum absolute atomic E-state index is 0.0250. The lowest BCUT2D eigenvalue weighted by Crippen LogP contribution is -2.40. The Morgan fingerprint density at radius 2 is 2.30 bits per heavy atom. The predicted octanol–water partition coefficient (Wildman–Crippen LogP) is 2.40. The van der Waals surface area contributed by atoms with Gasteiger partial charge in [0, 0.05) is 16.2 Å². The van der Waals surface area contributed by atoms with E-state index in [-0.39, 0.29) is 18.6 Å². The highest BCUT2D eigenvalue weighted by Gasteiger charge is 2.31. The number of halogens is 1. The molecule has 5 heteroatoms. The molecule has 0 bridgehead atoms. The van der Waals surface area contributed by atoms with E-state index in [2.05, 4.69) is 33.1 Å². The number of hydrogen-bond donors (Lipinski definition) is 2. The molecule has 0 radical (unpaired) electrons. The number of likely N-dealkylation sites (tertiary alicyclic amines) is 1. The number of aryl methyl sites for hydroxylation is 1. The lowest BCUT2D eigenvalue weighted by Gasteiger charge is -2.24. The van der Waals surface area contributed by atoms with E-state index in [1.165, 1.54) is 0 Å². The number of carbonyl (C=O) groups excluding carboxylic acids is 1. The summed E-state index contributed by atoms with van der Waals surface area (Å²) < 4.78 is 1.00. The van der Waals surface area contributed by atoms with Crippen molar-refractivity contribution in [1.29, 1.82) is 0 Å². The molecule has 2 unspecified atom stereocenters. The molecule has 1 saturated heterocycles. The van der Waals surface area contributed by atoms with Crippen molar-refractivity contribution in [2.24, 2.45) is 5.92 Å². The zero-order chi connectivity index (χ0) is 14.7. The van der Waals surface area contributed by atoms with Gasteiger partial charge in [0.15, 0.2) is 0 Å². The maximum Gasteiger partial charge on any atom is 0.238 e. The molecule has 2 rings (SSSR count). The van der Waals surface area contributed by atoms with Crippen LogP contribution < -0.4 is 5.32 Å². The Labute approximate surface area is 128 Å². The number of aliphatic hydroxyl groups is 1. The topological polar surface area (TPSA) is 52.6 Å². The Bertz CT molecular complexity index is 493. The van der Waals surface area contributed by atoms with E-state index < -0.39 is 0 Å². The monoisotopic (exact) mass is 340 g/mol. The van der Waals surface area contributed by atoms with Gasteiger partial charge in [-0.2, -0.15) is 0 Å². The second-order valence-electron chi connectivity index (χ2n) is 5.49. The van der Waals surface area contributed by atoms with Gasteiger partial charge in [0.05, 0.1) is 13.2 Å². The first kappa shape index (κ1) is 15.5. The number of anilines is 1. The third-order valence-corrected chi connectivity index (χ3v) is 4.49. The number of nitrogens with one attached hydrogen (secondary N) is 1. The second kappa shape index (κ2) is 6.70. The molecule has 20 heavy (non-hydrogen) atoms. The zero-order valence-electron chi connectivity index (χ0n) is 11.9. The van der Waals surface area contributed by atoms with Gasteiger partial charge in [-0.1, -0.05) is 22.9 Å². The molecule has 2 atom stereocenters. The number of benzene rings is 1. The molecule has 2 N–H and O–H groups in total. The molecule has 0 saturated carbocycles. The third kappa shape index (κ3) is 3.59. The van der Waals surface area contributed by atoms with Crippen molar-refractivity contribution >= 4 is 27.5 Å². The molecule has 1 aromatic carbocycles. The number of amides is 1. The quantitative estimate of drug-likeness (QED) is 0.884. The van der Waals surface area contributed by atoms with E-state index in [1.807, 2.05) is 25.1 Å². The lowest BCUT2D eigenvalue weighted by molar-refractivity contribution is -0.117. The average Bonchev–Trinajstić information content (AvgIpc) is 2.73. The van der Waals surface area contributed by atoms with Crippen LogP contribution in [0.1, 0.15) is 18.9 Å². The van der Waals surface area contributed by atoms with Crippen LogP contribution in [0, 0.1) is 12.8 Å². The van der Waals surface area contributed by atoms with Crippen LogP contribution in [0.5, 0.6) is 0 Å². The zero-order valence-corrected chi connectivity index (χ0v) is 13.5. The highest BCUT2D eigenvalue weighted by Crippen LogP contribution is 2.24. The molecule has 4 nitrogen and oxygen atoms in total. The molecule has 1 fully saturated rings. The van der Waals surface area contributed by atoms with Crippen molar-refractivity contribution in [3.05, 3.63) is 28.2 Å². The van der Waals surface area contributed by atoms with E-state index in [9.17, 15) is 9.90 Å². The first-order valence-electron chi connectivity index (χ1n) is 6.92. The van der Waals surface area contributed by atoms with Gasteiger partial charge < -0.3 is 10.4 Å². The van der Waals surface area contributed by atoms with E-state index in [0.29, 0.717) is 12.5 Å². The molecular weight excluding hydrogens is 320 g/mol. The van der Waals surface area contributed by atoms with Gasteiger partial charge in [-0.3, -0.25) is 9.69 Å². The Kier molecular flexibility index (Phi) is 5.18. The van der Waals surface area contributed by atoms with Gasteiger partial charge in [-0.25, -0.2) is 0 Å². The number of aliphatic hydroxyl groups excluding tert-OH is 1. The van der Waals surface area contributed by atoms with Crippen LogP contribution in [0.25, 0.3) is 0 Å². The van der Waals surface area contributed by atoms with Gasteiger partial charge in [0.25, 0.3) is 0 Å². The molecule has 1 aromatic rings. The normalized spacial score (nSPS) is 23.0. The Morgan fingerprint density at radius 3 is 2.95 bits per heavy atom. The second-order valence-corrected chi connectivity index (χ2v) is 6.41. The van der Waals surface area contributed by atoms with Crippen molar-refractivity contribution in [3.8, 4) is 0 Å². The molecule has 0 spiro atoms. The summed E-state index contributed by atoms with van der Waals surface area (Å²) in [6.07, 6.45) is 1.04. The summed E-state index contributed by atoms with van der Waals surface area (Å²) in [5.41, 5.74) is 1.87. The predicted molar refractivity (Wildman–Crippen MR) is 83.7 cm³/mol. The van der Waals surface area contributed by atoms with Gasteiger partial charge in [0.1, 0.15) is 0 Å². The molecule has 1 aliphatic rings. The van der Waals surface area contributed by atoms with Crippen molar-refractivity contribution in [3.63, 3.8) is 0 Å². The standard InChI is InChI=1S/C15H21BrN2O2/c1-10-5-6-18(14(10)9-19)8-15(20)17-13-4-3-12(16)7-11(13)2/h3-4,7,10,14,19H,5-6,8-9H2,1-2H3,(H,17,20). The largest absolute Gasteiger partial charge is 0.395 e. The van der Waals surface area contributed by atoms with E-state index in [0.717, 1.165) is 28.7 Å². The minimum Gasteiger partial charge on any atom is -0.395 e. The number of carbonyl (C=O) groups is 1. The van der Waals surface area contributed by atoms with E-state index in [4.69, 9.17) is 0 Å². The molecular formula is C15H21BrN2O2. The summed E-state index contributed by atoms with van der Waals surface area (Å²) in [5, 5.41) is 12.3. The smallest absolute Gasteiger partial charge is 0.238 e. The SMILES string of the molecule is Cc1cc(Br)ccc1NC(=O)CN1CCC(C)C1CO. The maximum atomic E-state index is 12.1. The molecule has 1 amide bonds. The highest BCUT2D eigenvalue weighted by molar-refractivity contribution is 9.10. The van der Waals surface area contributed by atoms with Crippen molar-refractivity contribution in [1.82, 2.24) is 4.90 Å². The summed E-state index contributed by atoms with van der Waals surface area (Å²) in [4.78, 5) is 14.2. The van der Waals surface area contributed by atoms with E-state index >= 15 is 0 Å². The first-order chi connectivity index (χ1) is 9.51. The van der Waals surface area contributed by atoms with Gasteiger partial charge in [0.2, 0.25) is 5.91 Å². The summed E-state index contributed by atoms with van der Waals surface area (Å²) in [5.74, 6) is 0.421. The number of hydrogen-bond acceptors (Lipinski definition) is 3. The van der Waals surface area contributed by atoms with Crippen LogP contribution in [0.4, 0.5) is 5.69 Å². The van der Waals surface area contributed by atoms with Gasteiger partial charge >= 0.3 is 0 Å². The van der Waals surface area contributed by atoms with Crippen LogP contribution in [-0.2, 0) is 4.79 Å². The Morgan fingerprint density at radius 1 is 1.55 bits per heavy atom. The fraction of sp³-hybridized carbons (Fsp3) is 0.533. The third-order valence-electron chi connectivity index (χ3n) is 3.99. The van der Waals surface area contributed by atoms with Gasteiger partial charge in [-0.15, -0.1) is 0 Å². The molecule has 110 valence electrons. The molecule has 1 heterocycles. The van der Waals surface area contributed by atoms with E-state index in [1.54, 1.807) is 0 Å². The summed E-state index contributed by atoms with van der Waals surface area (Å²) in [6.45, 7) is 5.42. The number of rotatable bonds is 4. The lowest BCUT2D eigenvalue weighted by atomic mass is 10.0.